The molecule has 1 unspecified atom stereocenters. The van der Waals surface area contributed by atoms with Crippen LogP contribution in [0.2, 0.25) is 0 Å². The standard InChI is InChI=1S/C14H19N3O2/c1-2-10-5-3-4-6-11(10)14(19)17-8-7-16-9-12(17)13(15)18/h3-6,12,16H,2,7-9H2,1H3,(H2,15,18). The molecule has 1 aliphatic heterocycles. The minimum Gasteiger partial charge on any atom is -0.368 e. The van der Waals surface area contributed by atoms with E-state index in [0.29, 0.717) is 25.2 Å². The molecule has 1 aliphatic rings. The van der Waals surface area contributed by atoms with E-state index in [1.54, 1.807) is 11.0 Å². The van der Waals surface area contributed by atoms with Crippen LogP contribution in [0.1, 0.15) is 22.8 Å². The number of nitrogens with two attached hydrogens (primary N) is 1. The van der Waals surface area contributed by atoms with Gasteiger partial charge in [-0.15, -0.1) is 0 Å². The molecule has 5 nitrogen and oxygen atoms in total. The van der Waals surface area contributed by atoms with Gasteiger partial charge in [0.25, 0.3) is 5.91 Å². The highest BCUT2D eigenvalue weighted by molar-refractivity contribution is 5.98. The smallest absolute Gasteiger partial charge is 0.254 e. The van der Waals surface area contributed by atoms with E-state index in [9.17, 15) is 9.59 Å². The van der Waals surface area contributed by atoms with Crippen LogP contribution < -0.4 is 11.1 Å². The molecule has 0 aromatic heterocycles. The average Bonchev–Trinajstić information content (AvgIpc) is 2.46. The van der Waals surface area contributed by atoms with E-state index >= 15 is 0 Å². The predicted molar refractivity (Wildman–Crippen MR) is 72.7 cm³/mol. The summed E-state index contributed by atoms with van der Waals surface area (Å²) in [5.74, 6) is -0.572. The molecule has 0 aliphatic carbocycles. The number of amides is 2. The molecule has 19 heavy (non-hydrogen) atoms. The van der Waals surface area contributed by atoms with Gasteiger partial charge in [-0.2, -0.15) is 0 Å². The Bertz CT molecular complexity index is 487. The molecule has 1 fully saturated rings. The number of rotatable bonds is 3. The maximum absolute atomic E-state index is 12.6. The largest absolute Gasteiger partial charge is 0.368 e. The molecular formula is C14H19N3O2. The molecule has 1 aromatic carbocycles. The maximum Gasteiger partial charge on any atom is 0.254 e. The molecule has 1 saturated heterocycles. The van der Waals surface area contributed by atoms with Gasteiger partial charge in [-0.3, -0.25) is 9.59 Å². The van der Waals surface area contributed by atoms with Crippen LogP contribution in [0.3, 0.4) is 0 Å². The summed E-state index contributed by atoms with van der Waals surface area (Å²) in [5.41, 5.74) is 7.03. The van der Waals surface area contributed by atoms with E-state index in [-0.39, 0.29) is 5.91 Å². The fourth-order valence-electron chi connectivity index (χ4n) is 2.39. The van der Waals surface area contributed by atoms with Gasteiger partial charge in [0.2, 0.25) is 5.91 Å². The van der Waals surface area contributed by atoms with Crippen LogP contribution in [0.5, 0.6) is 0 Å². The molecule has 0 saturated carbocycles. The fourth-order valence-corrected chi connectivity index (χ4v) is 2.39. The first kappa shape index (κ1) is 13.5. The molecule has 0 radical (unpaired) electrons. The zero-order valence-corrected chi connectivity index (χ0v) is 11.1. The van der Waals surface area contributed by atoms with Crippen LogP contribution in [0.4, 0.5) is 0 Å². The second kappa shape index (κ2) is 5.84. The minimum atomic E-state index is -0.564. The summed E-state index contributed by atoms with van der Waals surface area (Å²) in [6, 6.07) is 6.94. The van der Waals surface area contributed by atoms with Crippen molar-refractivity contribution in [2.24, 2.45) is 5.73 Å². The molecule has 3 N–H and O–H groups in total. The number of hydrogen-bond acceptors (Lipinski definition) is 3. The Morgan fingerprint density at radius 3 is 2.84 bits per heavy atom. The zero-order valence-electron chi connectivity index (χ0n) is 11.1. The van der Waals surface area contributed by atoms with Gasteiger partial charge < -0.3 is 16.0 Å². The van der Waals surface area contributed by atoms with Crippen LogP contribution >= 0.6 is 0 Å². The van der Waals surface area contributed by atoms with Crippen molar-refractivity contribution >= 4 is 11.8 Å². The lowest BCUT2D eigenvalue weighted by Gasteiger charge is -2.34. The molecule has 2 amide bonds. The first-order valence-corrected chi connectivity index (χ1v) is 6.54. The SMILES string of the molecule is CCc1ccccc1C(=O)N1CCNCC1C(N)=O. The third-order valence-corrected chi connectivity index (χ3v) is 3.46. The van der Waals surface area contributed by atoms with E-state index in [1.807, 2.05) is 25.1 Å². The van der Waals surface area contributed by atoms with Gasteiger partial charge in [-0.1, -0.05) is 25.1 Å². The number of aryl methyl sites for hydroxylation is 1. The first-order valence-electron chi connectivity index (χ1n) is 6.54. The van der Waals surface area contributed by atoms with Crippen molar-refractivity contribution in [2.75, 3.05) is 19.6 Å². The highest BCUT2D eigenvalue weighted by Gasteiger charge is 2.31. The molecule has 1 aromatic rings. The van der Waals surface area contributed by atoms with E-state index in [2.05, 4.69) is 5.32 Å². The number of carbonyl (C=O) groups excluding carboxylic acids is 2. The van der Waals surface area contributed by atoms with Gasteiger partial charge in [0.1, 0.15) is 6.04 Å². The summed E-state index contributed by atoms with van der Waals surface area (Å²) in [6.07, 6.45) is 0.787. The monoisotopic (exact) mass is 261 g/mol. The summed E-state index contributed by atoms with van der Waals surface area (Å²) in [7, 11) is 0. The second-order valence-corrected chi connectivity index (χ2v) is 4.63. The molecule has 0 bridgehead atoms. The van der Waals surface area contributed by atoms with Crippen molar-refractivity contribution in [3.05, 3.63) is 35.4 Å². The molecule has 2 rings (SSSR count). The first-order chi connectivity index (χ1) is 9.15. The lowest BCUT2D eigenvalue weighted by atomic mass is 10.0. The molecule has 5 heteroatoms. The quantitative estimate of drug-likeness (QED) is 0.813. The Hall–Kier alpha value is -1.88. The van der Waals surface area contributed by atoms with Gasteiger partial charge >= 0.3 is 0 Å². The molecule has 1 atom stereocenters. The Kier molecular flexibility index (Phi) is 4.16. The topological polar surface area (TPSA) is 75.4 Å². The lowest BCUT2D eigenvalue weighted by Crippen LogP contribution is -2.58. The second-order valence-electron chi connectivity index (χ2n) is 4.63. The van der Waals surface area contributed by atoms with Crippen LogP contribution in [0.15, 0.2) is 24.3 Å². The van der Waals surface area contributed by atoms with Gasteiger partial charge in [0.15, 0.2) is 0 Å². The number of carbonyl (C=O) groups is 2. The predicted octanol–water partition coefficient (Wildman–Crippen LogP) is 0.148. The summed E-state index contributed by atoms with van der Waals surface area (Å²) in [4.78, 5) is 25.6. The van der Waals surface area contributed by atoms with Crippen molar-refractivity contribution in [2.45, 2.75) is 19.4 Å². The average molecular weight is 261 g/mol. The van der Waals surface area contributed by atoms with Gasteiger partial charge in [0, 0.05) is 25.2 Å². The normalized spacial score (nSPS) is 19.2. The summed E-state index contributed by atoms with van der Waals surface area (Å²) >= 11 is 0. The maximum atomic E-state index is 12.6. The number of nitrogens with zero attached hydrogens (tertiary/aromatic N) is 1. The van der Waals surface area contributed by atoms with Crippen LogP contribution in [-0.2, 0) is 11.2 Å². The van der Waals surface area contributed by atoms with Crippen molar-refractivity contribution in [3.63, 3.8) is 0 Å². The Balaban J connectivity index is 2.29. The third-order valence-electron chi connectivity index (χ3n) is 3.46. The van der Waals surface area contributed by atoms with Crippen molar-refractivity contribution in [3.8, 4) is 0 Å². The number of nitrogens with one attached hydrogen (secondary N) is 1. The van der Waals surface area contributed by atoms with E-state index in [4.69, 9.17) is 5.73 Å². The van der Waals surface area contributed by atoms with Gasteiger partial charge in [-0.25, -0.2) is 0 Å². The van der Waals surface area contributed by atoms with Gasteiger partial charge in [0.05, 0.1) is 0 Å². The summed E-state index contributed by atoms with van der Waals surface area (Å²) < 4.78 is 0. The summed E-state index contributed by atoms with van der Waals surface area (Å²) in [6.45, 7) is 3.62. The molecule has 102 valence electrons. The van der Waals surface area contributed by atoms with Crippen molar-refractivity contribution < 1.29 is 9.59 Å². The zero-order chi connectivity index (χ0) is 13.8. The molecular weight excluding hydrogens is 242 g/mol. The molecule has 0 spiro atoms. The number of primary amides is 1. The Morgan fingerprint density at radius 1 is 1.42 bits per heavy atom. The number of piperazine rings is 1. The fraction of sp³-hybridized carbons (Fsp3) is 0.429. The highest BCUT2D eigenvalue weighted by Crippen LogP contribution is 2.15. The third kappa shape index (κ3) is 2.76. The lowest BCUT2D eigenvalue weighted by molar-refractivity contribution is -0.122. The van der Waals surface area contributed by atoms with Crippen LogP contribution in [-0.4, -0.2) is 42.4 Å². The van der Waals surface area contributed by atoms with E-state index < -0.39 is 11.9 Å². The molecule has 1 heterocycles. The van der Waals surface area contributed by atoms with Gasteiger partial charge in [-0.05, 0) is 18.1 Å². The van der Waals surface area contributed by atoms with Crippen molar-refractivity contribution in [1.29, 1.82) is 0 Å². The highest BCUT2D eigenvalue weighted by atomic mass is 16.2. The van der Waals surface area contributed by atoms with Crippen LogP contribution in [0, 0.1) is 0 Å². The number of benzene rings is 1. The van der Waals surface area contributed by atoms with E-state index in [0.717, 1.165) is 12.0 Å². The Morgan fingerprint density at radius 2 is 2.16 bits per heavy atom. The minimum absolute atomic E-state index is 0.109. The Labute approximate surface area is 112 Å². The van der Waals surface area contributed by atoms with Crippen molar-refractivity contribution in [1.82, 2.24) is 10.2 Å². The van der Waals surface area contributed by atoms with Crippen LogP contribution in [0.25, 0.3) is 0 Å². The van der Waals surface area contributed by atoms with E-state index in [1.165, 1.54) is 0 Å². The number of hydrogen-bond donors (Lipinski definition) is 2. The summed E-state index contributed by atoms with van der Waals surface area (Å²) in [5, 5.41) is 3.09.